The quantitative estimate of drug-likeness (QED) is 0.459. The Balaban J connectivity index is 1.73. The van der Waals surface area contributed by atoms with Crippen molar-refractivity contribution in [3.63, 3.8) is 0 Å². The number of hydrogen-bond acceptors (Lipinski definition) is 4. The SMILES string of the molecule is C=C(C)C(=O)OCC(O)COc1ccc(-c2cc3ccccc3n2C)c(CC)c1. The number of aliphatic hydroxyl groups is 1. The fourth-order valence-corrected chi connectivity index (χ4v) is 3.29. The van der Waals surface area contributed by atoms with Crippen LogP contribution in [0.2, 0.25) is 0 Å². The lowest BCUT2D eigenvalue weighted by atomic mass is 10.0. The summed E-state index contributed by atoms with van der Waals surface area (Å²) in [6.45, 7) is 7.10. The predicted octanol–water partition coefficient (Wildman–Crippen LogP) is 4.27. The van der Waals surface area contributed by atoms with E-state index in [0.29, 0.717) is 11.3 Å². The van der Waals surface area contributed by atoms with E-state index in [4.69, 9.17) is 9.47 Å². The second kappa shape index (κ2) is 8.97. The Morgan fingerprint density at radius 1 is 1.17 bits per heavy atom. The van der Waals surface area contributed by atoms with Gasteiger partial charge in [-0.25, -0.2) is 4.79 Å². The van der Waals surface area contributed by atoms with Gasteiger partial charge in [0.15, 0.2) is 0 Å². The van der Waals surface area contributed by atoms with Crippen LogP contribution in [0.3, 0.4) is 0 Å². The number of esters is 1. The van der Waals surface area contributed by atoms with Crippen molar-refractivity contribution in [2.45, 2.75) is 26.4 Å². The zero-order valence-electron chi connectivity index (χ0n) is 17.1. The molecule has 1 N–H and O–H groups in total. The van der Waals surface area contributed by atoms with Gasteiger partial charge in [0.2, 0.25) is 0 Å². The van der Waals surface area contributed by atoms with Gasteiger partial charge in [0, 0.05) is 34.8 Å². The number of ether oxygens (including phenoxy) is 2. The number of aromatic nitrogens is 1. The molecule has 1 heterocycles. The zero-order valence-corrected chi connectivity index (χ0v) is 17.1. The third-order valence-corrected chi connectivity index (χ3v) is 4.88. The molecule has 1 atom stereocenters. The highest BCUT2D eigenvalue weighted by molar-refractivity contribution is 5.88. The molecular weight excluding hydrogens is 366 g/mol. The standard InChI is InChI=1S/C24H27NO4/c1-5-17-12-20(28-14-19(26)15-29-24(27)16(2)3)10-11-21(17)23-13-18-8-6-7-9-22(18)25(23)4/h6-13,19,26H,2,5,14-15H2,1,3-4H3. The maximum absolute atomic E-state index is 11.4. The molecule has 1 unspecified atom stereocenters. The van der Waals surface area contributed by atoms with Crippen LogP contribution in [0.25, 0.3) is 22.2 Å². The fraction of sp³-hybridized carbons (Fsp3) is 0.292. The summed E-state index contributed by atoms with van der Waals surface area (Å²) in [4.78, 5) is 11.4. The molecular formula is C24H27NO4. The van der Waals surface area contributed by atoms with Crippen LogP contribution in [0.1, 0.15) is 19.4 Å². The maximum Gasteiger partial charge on any atom is 0.333 e. The number of benzene rings is 2. The number of hydrogen-bond donors (Lipinski definition) is 1. The van der Waals surface area contributed by atoms with E-state index < -0.39 is 12.1 Å². The van der Waals surface area contributed by atoms with E-state index >= 15 is 0 Å². The van der Waals surface area contributed by atoms with Crippen LogP contribution >= 0.6 is 0 Å². The van der Waals surface area contributed by atoms with E-state index in [0.717, 1.165) is 23.2 Å². The van der Waals surface area contributed by atoms with Crippen LogP contribution in [0.4, 0.5) is 0 Å². The van der Waals surface area contributed by atoms with Crippen LogP contribution in [-0.4, -0.2) is 35.0 Å². The van der Waals surface area contributed by atoms with E-state index in [1.165, 1.54) is 10.9 Å². The average molecular weight is 393 g/mol. The topological polar surface area (TPSA) is 60.7 Å². The minimum absolute atomic E-state index is 0.0417. The Hall–Kier alpha value is -3.05. The summed E-state index contributed by atoms with van der Waals surface area (Å²) >= 11 is 0. The Labute approximate surface area is 171 Å². The molecule has 1 aromatic heterocycles. The lowest BCUT2D eigenvalue weighted by Crippen LogP contribution is -2.25. The van der Waals surface area contributed by atoms with Gasteiger partial charge in [-0.2, -0.15) is 0 Å². The van der Waals surface area contributed by atoms with Crippen molar-refractivity contribution in [1.82, 2.24) is 4.57 Å². The summed E-state index contributed by atoms with van der Waals surface area (Å²) < 4.78 is 12.9. The van der Waals surface area contributed by atoms with E-state index in [9.17, 15) is 9.90 Å². The number of carbonyl (C=O) groups excluding carboxylic acids is 1. The smallest absolute Gasteiger partial charge is 0.333 e. The minimum Gasteiger partial charge on any atom is -0.491 e. The van der Waals surface area contributed by atoms with Crippen molar-refractivity contribution >= 4 is 16.9 Å². The molecule has 0 amide bonds. The molecule has 3 aromatic rings. The molecule has 0 saturated carbocycles. The molecule has 0 aliphatic carbocycles. The summed E-state index contributed by atoms with van der Waals surface area (Å²) in [7, 11) is 2.07. The molecule has 152 valence electrons. The second-order valence-corrected chi connectivity index (χ2v) is 7.16. The van der Waals surface area contributed by atoms with Gasteiger partial charge in [-0.3, -0.25) is 0 Å². The summed E-state index contributed by atoms with van der Waals surface area (Å²) in [6, 6.07) is 16.5. The lowest BCUT2D eigenvalue weighted by Gasteiger charge is -2.15. The number of aliphatic hydroxyl groups excluding tert-OH is 1. The molecule has 5 heteroatoms. The minimum atomic E-state index is -0.902. The Kier molecular flexibility index (Phi) is 6.39. The van der Waals surface area contributed by atoms with Gasteiger partial charge >= 0.3 is 5.97 Å². The molecule has 3 rings (SSSR count). The third-order valence-electron chi connectivity index (χ3n) is 4.88. The van der Waals surface area contributed by atoms with E-state index in [1.54, 1.807) is 6.92 Å². The average Bonchev–Trinajstić information content (AvgIpc) is 3.06. The molecule has 29 heavy (non-hydrogen) atoms. The van der Waals surface area contributed by atoms with Crippen molar-refractivity contribution in [2.75, 3.05) is 13.2 Å². The van der Waals surface area contributed by atoms with Gasteiger partial charge in [0.05, 0.1) is 0 Å². The number of nitrogens with zero attached hydrogens (tertiary/aromatic N) is 1. The van der Waals surface area contributed by atoms with Gasteiger partial charge in [-0.15, -0.1) is 0 Å². The molecule has 5 nitrogen and oxygen atoms in total. The molecule has 2 aromatic carbocycles. The zero-order chi connectivity index (χ0) is 21.0. The first kappa shape index (κ1) is 20.7. The van der Waals surface area contributed by atoms with Crippen LogP contribution < -0.4 is 4.74 Å². The first-order valence-electron chi connectivity index (χ1n) is 9.72. The molecule has 0 spiro atoms. The number of aryl methyl sites for hydroxylation is 2. The largest absolute Gasteiger partial charge is 0.491 e. The van der Waals surface area contributed by atoms with Gasteiger partial charge in [0.1, 0.15) is 25.1 Å². The maximum atomic E-state index is 11.4. The summed E-state index contributed by atoms with van der Waals surface area (Å²) in [5.74, 6) is 0.159. The number of fused-ring (bicyclic) bond motifs is 1. The molecule has 0 aliphatic rings. The van der Waals surface area contributed by atoms with Crippen LogP contribution in [0, 0.1) is 0 Å². The van der Waals surface area contributed by atoms with Crippen molar-refractivity contribution in [3.8, 4) is 17.0 Å². The van der Waals surface area contributed by atoms with Gasteiger partial charge in [0.25, 0.3) is 0 Å². The van der Waals surface area contributed by atoms with Crippen molar-refractivity contribution in [3.05, 3.63) is 66.2 Å². The van der Waals surface area contributed by atoms with Crippen molar-refractivity contribution < 1.29 is 19.4 Å². The molecule has 0 bridgehead atoms. The van der Waals surface area contributed by atoms with Gasteiger partial charge < -0.3 is 19.1 Å². The van der Waals surface area contributed by atoms with Gasteiger partial charge in [-0.1, -0.05) is 31.7 Å². The lowest BCUT2D eigenvalue weighted by molar-refractivity contribution is -0.142. The van der Waals surface area contributed by atoms with Crippen LogP contribution in [0.15, 0.2) is 60.7 Å². The molecule has 0 saturated heterocycles. The predicted molar refractivity (Wildman–Crippen MR) is 115 cm³/mol. The number of para-hydroxylation sites is 1. The Morgan fingerprint density at radius 3 is 2.62 bits per heavy atom. The normalized spacial score (nSPS) is 12.0. The van der Waals surface area contributed by atoms with Crippen LogP contribution in [-0.2, 0) is 23.0 Å². The molecule has 0 fully saturated rings. The second-order valence-electron chi connectivity index (χ2n) is 7.16. The summed E-state index contributed by atoms with van der Waals surface area (Å²) in [5.41, 5.74) is 4.97. The van der Waals surface area contributed by atoms with E-state index in [-0.39, 0.29) is 13.2 Å². The van der Waals surface area contributed by atoms with Crippen LogP contribution in [0.5, 0.6) is 5.75 Å². The summed E-state index contributed by atoms with van der Waals surface area (Å²) in [6.07, 6.45) is -0.0476. The Morgan fingerprint density at radius 2 is 1.93 bits per heavy atom. The third kappa shape index (κ3) is 4.69. The highest BCUT2D eigenvalue weighted by Crippen LogP contribution is 2.32. The van der Waals surface area contributed by atoms with Gasteiger partial charge in [-0.05, 0) is 49.2 Å². The van der Waals surface area contributed by atoms with E-state index in [2.05, 4.69) is 49.4 Å². The Bertz CT molecular complexity index is 1030. The highest BCUT2D eigenvalue weighted by Gasteiger charge is 2.13. The molecule has 0 aliphatic heterocycles. The van der Waals surface area contributed by atoms with Crippen molar-refractivity contribution in [2.24, 2.45) is 7.05 Å². The number of carbonyl (C=O) groups is 1. The number of rotatable bonds is 8. The van der Waals surface area contributed by atoms with Crippen molar-refractivity contribution in [1.29, 1.82) is 0 Å². The van der Waals surface area contributed by atoms with E-state index in [1.807, 2.05) is 24.3 Å². The first-order valence-corrected chi connectivity index (χ1v) is 9.72. The molecule has 0 radical (unpaired) electrons. The summed E-state index contributed by atoms with van der Waals surface area (Å²) in [5, 5.41) is 11.2. The monoisotopic (exact) mass is 393 g/mol. The fourth-order valence-electron chi connectivity index (χ4n) is 3.29. The first-order chi connectivity index (χ1) is 13.9. The highest BCUT2D eigenvalue weighted by atomic mass is 16.5.